The number of ether oxygens (including phenoxy) is 3. The van der Waals surface area contributed by atoms with Gasteiger partial charge in [-0.3, -0.25) is 4.79 Å². The lowest BCUT2D eigenvalue weighted by Crippen LogP contribution is -2.50. The van der Waals surface area contributed by atoms with E-state index in [9.17, 15) is 9.59 Å². The van der Waals surface area contributed by atoms with Gasteiger partial charge in [0.25, 0.3) is 5.91 Å². The van der Waals surface area contributed by atoms with E-state index in [1.54, 1.807) is 48.7 Å². The van der Waals surface area contributed by atoms with Gasteiger partial charge in [0, 0.05) is 50.7 Å². The van der Waals surface area contributed by atoms with Gasteiger partial charge >= 0.3 is 5.97 Å². The number of piperazine rings is 1. The summed E-state index contributed by atoms with van der Waals surface area (Å²) in [6, 6.07) is 6.73. The summed E-state index contributed by atoms with van der Waals surface area (Å²) in [5.41, 5.74) is 1.10. The summed E-state index contributed by atoms with van der Waals surface area (Å²) in [4.78, 5) is 37.0. The van der Waals surface area contributed by atoms with Crippen LogP contribution < -0.4 is 9.64 Å². The molecule has 1 aromatic carbocycles. The van der Waals surface area contributed by atoms with Crippen molar-refractivity contribution in [3.63, 3.8) is 0 Å². The second-order valence-electron chi connectivity index (χ2n) is 6.66. The van der Waals surface area contributed by atoms with Gasteiger partial charge in [-0.25, -0.2) is 14.8 Å². The molecule has 0 atom stereocenters. The smallest absolute Gasteiger partial charge is 0.338 e. The Bertz CT molecular complexity index is 854. The van der Waals surface area contributed by atoms with Crippen molar-refractivity contribution in [1.29, 1.82) is 0 Å². The van der Waals surface area contributed by atoms with Crippen molar-refractivity contribution >= 4 is 17.8 Å². The fourth-order valence-electron chi connectivity index (χ4n) is 3.14. The highest BCUT2D eigenvalue weighted by molar-refractivity contribution is 5.91. The molecule has 2 heterocycles. The number of rotatable bonds is 8. The van der Waals surface area contributed by atoms with Crippen molar-refractivity contribution in [2.75, 3.05) is 51.4 Å². The first-order valence-electron chi connectivity index (χ1n) is 9.84. The first-order chi connectivity index (χ1) is 14.6. The molecule has 1 saturated heterocycles. The maximum Gasteiger partial charge on any atom is 0.338 e. The summed E-state index contributed by atoms with van der Waals surface area (Å²) >= 11 is 0. The third-order valence-electron chi connectivity index (χ3n) is 4.77. The van der Waals surface area contributed by atoms with Gasteiger partial charge in [-0.1, -0.05) is 0 Å². The van der Waals surface area contributed by atoms with Gasteiger partial charge in [-0.15, -0.1) is 0 Å². The lowest BCUT2D eigenvalue weighted by atomic mass is 10.1. The summed E-state index contributed by atoms with van der Waals surface area (Å²) < 4.78 is 15.9. The van der Waals surface area contributed by atoms with Crippen molar-refractivity contribution < 1.29 is 23.8 Å². The van der Waals surface area contributed by atoms with E-state index in [0.29, 0.717) is 56.7 Å². The highest BCUT2D eigenvalue weighted by Gasteiger charge is 2.23. The lowest BCUT2D eigenvalue weighted by Gasteiger charge is -2.34. The number of aromatic nitrogens is 2. The maximum atomic E-state index is 12.4. The van der Waals surface area contributed by atoms with Gasteiger partial charge < -0.3 is 24.0 Å². The molecular weight excluding hydrogens is 388 g/mol. The SMILES string of the molecule is CCOCc1cc(C(=O)OCC(=O)N2CCN(c3ncccn3)CC2)ccc1OC. The average molecular weight is 414 g/mol. The van der Waals surface area contributed by atoms with E-state index in [2.05, 4.69) is 9.97 Å². The predicted octanol–water partition coefficient (Wildman–Crippen LogP) is 1.53. The Labute approximate surface area is 175 Å². The number of carbonyl (C=O) groups excluding carboxylic acids is 2. The number of carbonyl (C=O) groups is 2. The average Bonchev–Trinajstić information content (AvgIpc) is 2.81. The highest BCUT2D eigenvalue weighted by Crippen LogP contribution is 2.21. The molecule has 0 saturated carbocycles. The summed E-state index contributed by atoms with van der Waals surface area (Å²) in [5, 5.41) is 0. The molecule has 2 aromatic rings. The number of anilines is 1. The van der Waals surface area contributed by atoms with Crippen LogP contribution in [0, 0.1) is 0 Å². The monoisotopic (exact) mass is 414 g/mol. The van der Waals surface area contributed by atoms with Crippen LogP contribution in [-0.2, 0) is 20.9 Å². The summed E-state index contributed by atoms with van der Waals surface area (Å²) in [6.45, 7) is 4.78. The highest BCUT2D eigenvalue weighted by atomic mass is 16.5. The van der Waals surface area contributed by atoms with Crippen molar-refractivity contribution in [2.24, 2.45) is 0 Å². The van der Waals surface area contributed by atoms with Crippen LogP contribution in [0.5, 0.6) is 5.75 Å². The Morgan fingerprint density at radius 2 is 1.83 bits per heavy atom. The van der Waals surface area contributed by atoms with Crippen LogP contribution in [0.2, 0.25) is 0 Å². The molecule has 9 nitrogen and oxygen atoms in total. The molecule has 1 amide bonds. The molecule has 9 heteroatoms. The third kappa shape index (κ3) is 5.44. The lowest BCUT2D eigenvalue weighted by molar-refractivity contribution is -0.134. The minimum absolute atomic E-state index is 0.222. The van der Waals surface area contributed by atoms with Gasteiger partial charge in [0.05, 0.1) is 19.3 Å². The molecule has 0 bridgehead atoms. The van der Waals surface area contributed by atoms with Crippen molar-refractivity contribution in [2.45, 2.75) is 13.5 Å². The zero-order chi connectivity index (χ0) is 21.3. The quantitative estimate of drug-likeness (QED) is 0.601. The van der Waals surface area contributed by atoms with Crippen LogP contribution in [0.1, 0.15) is 22.8 Å². The van der Waals surface area contributed by atoms with Crippen molar-refractivity contribution in [3.8, 4) is 5.75 Å². The fourth-order valence-corrected chi connectivity index (χ4v) is 3.14. The van der Waals surface area contributed by atoms with E-state index in [1.807, 2.05) is 11.8 Å². The Kier molecular flexibility index (Phi) is 7.56. The Balaban J connectivity index is 1.50. The van der Waals surface area contributed by atoms with E-state index in [-0.39, 0.29) is 12.5 Å². The molecule has 0 radical (unpaired) electrons. The zero-order valence-electron chi connectivity index (χ0n) is 17.2. The maximum absolute atomic E-state index is 12.4. The van der Waals surface area contributed by atoms with E-state index in [1.165, 1.54) is 0 Å². The second-order valence-corrected chi connectivity index (χ2v) is 6.66. The number of hydrogen-bond donors (Lipinski definition) is 0. The minimum Gasteiger partial charge on any atom is -0.496 e. The normalized spacial score (nSPS) is 13.8. The molecule has 1 fully saturated rings. The number of amides is 1. The molecule has 1 aliphatic rings. The predicted molar refractivity (Wildman–Crippen MR) is 109 cm³/mol. The number of nitrogens with zero attached hydrogens (tertiary/aromatic N) is 4. The second kappa shape index (κ2) is 10.5. The molecule has 0 unspecified atom stereocenters. The topological polar surface area (TPSA) is 94.1 Å². The van der Waals surface area contributed by atoms with Crippen LogP contribution in [-0.4, -0.2) is 73.2 Å². The van der Waals surface area contributed by atoms with Crippen LogP contribution >= 0.6 is 0 Å². The molecule has 0 spiro atoms. The number of hydrogen-bond acceptors (Lipinski definition) is 8. The largest absolute Gasteiger partial charge is 0.496 e. The Morgan fingerprint density at radius 1 is 1.10 bits per heavy atom. The third-order valence-corrected chi connectivity index (χ3v) is 4.77. The molecule has 30 heavy (non-hydrogen) atoms. The molecule has 160 valence electrons. The van der Waals surface area contributed by atoms with Crippen LogP contribution in [0.25, 0.3) is 0 Å². The minimum atomic E-state index is -0.555. The summed E-state index contributed by atoms with van der Waals surface area (Å²) in [6.07, 6.45) is 3.39. The first-order valence-corrected chi connectivity index (χ1v) is 9.84. The standard InChI is InChI=1S/C21H26N4O5/c1-3-29-14-17-13-16(5-6-18(17)28-2)20(27)30-15-19(26)24-9-11-25(12-10-24)21-22-7-4-8-23-21/h4-8,13H,3,9-12,14-15H2,1-2H3. The number of benzene rings is 1. The van der Waals surface area contributed by atoms with E-state index in [4.69, 9.17) is 14.2 Å². The Hall–Kier alpha value is -3.20. The van der Waals surface area contributed by atoms with Crippen LogP contribution in [0.3, 0.4) is 0 Å². The van der Waals surface area contributed by atoms with Gasteiger partial charge in [0.15, 0.2) is 6.61 Å². The molecular formula is C21H26N4O5. The Morgan fingerprint density at radius 3 is 2.50 bits per heavy atom. The van der Waals surface area contributed by atoms with Gasteiger partial charge in [0.1, 0.15) is 5.75 Å². The van der Waals surface area contributed by atoms with E-state index >= 15 is 0 Å². The summed E-state index contributed by atoms with van der Waals surface area (Å²) in [5.74, 6) is 0.509. The molecule has 3 rings (SSSR count). The van der Waals surface area contributed by atoms with E-state index in [0.717, 1.165) is 5.56 Å². The zero-order valence-corrected chi connectivity index (χ0v) is 17.2. The van der Waals surface area contributed by atoms with Gasteiger partial charge in [-0.2, -0.15) is 0 Å². The molecule has 0 aliphatic carbocycles. The van der Waals surface area contributed by atoms with E-state index < -0.39 is 5.97 Å². The van der Waals surface area contributed by atoms with Crippen molar-refractivity contribution in [3.05, 3.63) is 47.8 Å². The van der Waals surface area contributed by atoms with Gasteiger partial charge in [-0.05, 0) is 31.2 Å². The van der Waals surface area contributed by atoms with Crippen molar-refractivity contribution in [1.82, 2.24) is 14.9 Å². The number of esters is 1. The summed E-state index contributed by atoms with van der Waals surface area (Å²) in [7, 11) is 1.56. The van der Waals surface area contributed by atoms with Crippen LogP contribution in [0.15, 0.2) is 36.7 Å². The molecule has 1 aromatic heterocycles. The number of methoxy groups -OCH3 is 1. The molecule has 1 aliphatic heterocycles. The first kappa shape index (κ1) is 21.5. The van der Waals surface area contributed by atoms with Gasteiger partial charge in [0.2, 0.25) is 5.95 Å². The van der Waals surface area contributed by atoms with Crippen LogP contribution in [0.4, 0.5) is 5.95 Å². The fraction of sp³-hybridized carbons (Fsp3) is 0.429. The molecule has 0 N–H and O–H groups in total.